The van der Waals surface area contributed by atoms with Gasteiger partial charge in [-0.1, -0.05) is 39.0 Å². The smallest absolute Gasteiger partial charge is 0.134 e. The molecule has 18 heavy (non-hydrogen) atoms. The van der Waals surface area contributed by atoms with Gasteiger partial charge >= 0.3 is 0 Å². The molecule has 0 saturated heterocycles. The minimum atomic E-state index is 0.279. The summed E-state index contributed by atoms with van der Waals surface area (Å²) in [7, 11) is 2.04. The maximum absolute atomic E-state index is 5.85. The van der Waals surface area contributed by atoms with Gasteiger partial charge in [0.2, 0.25) is 0 Å². The molecule has 0 aliphatic heterocycles. The van der Waals surface area contributed by atoms with Crippen molar-refractivity contribution in [2.75, 3.05) is 7.05 Å². The van der Waals surface area contributed by atoms with Crippen molar-refractivity contribution < 1.29 is 4.42 Å². The summed E-state index contributed by atoms with van der Waals surface area (Å²) in [4.78, 5) is 0. The van der Waals surface area contributed by atoms with Crippen LogP contribution in [-0.4, -0.2) is 13.1 Å². The first-order chi connectivity index (χ1) is 8.50. The molecule has 0 bridgehead atoms. The Balaban J connectivity index is 2.05. The van der Waals surface area contributed by atoms with E-state index < -0.39 is 0 Å². The highest BCUT2D eigenvalue weighted by Crippen LogP contribution is 2.25. The molecule has 2 heteroatoms. The number of furan rings is 1. The normalized spacial score (nSPS) is 14.0. The van der Waals surface area contributed by atoms with Gasteiger partial charge in [0.05, 0.1) is 0 Å². The largest absolute Gasteiger partial charge is 0.461 e. The number of nitrogens with one attached hydrogen (secondary N) is 1. The van der Waals surface area contributed by atoms with Gasteiger partial charge in [0, 0.05) is 17.8 Å². The van der Waals surface area contributed by atoms with Crippen molar-refractivity contribution in [2.24, 2.45) is 5.41 Å². The molecule has 1 aromatic carbocycles. The Morgan fingerprint density at radius 1 is 1.22 bits per heavy atom. The third kappa shape index (κ3) is 2.94. The minimum Gasteiger partial charge on any atom is -0.461 e. The first-order valence-electron chi connectivity index (χ1n) is 6.65. The number of rotatable bonds is 4. The van der Waals surface area contributed by atoms with Crippen molar-refractivity contribution in [3.63, 3.8) is 0 Å². The van der Waals surface area contributed by atoms with E-state index in [9.17, 15) is 0 Å². The van der Waals surface area contributed by atoms with Crippen LogP contribution in [0.15, 0.2) is 34.7 Å². The molecular weight excluding hydrogens is 222 g/mol. The van der Waals surface area contributed by atoms with Crippen LogP contribution in [0.25, 0.3) is 11.0 Å². The molecule has 0 aliphatic rings. The van der Waals surface area contributed by atoms with E-state index in [0.717, 1.165) is 24.2 Å². The highest BCUT2D eigenvalue weighted by atomic mass is 16.3. The second kappa shape index (κ2) is 5.15. The molecule has 0 amide bonds. The van der Waals surface area contributed by atoms with Crippen molar-refractivity contribution in [3.05, 3.63) is 36.1 Å². The summed E-state index contributed by atoms with van der Waals surface area (Å²) in [5.74, 6) is 1.08. The molecule has 0 saturated carbocycles. The lowest BCUT2D eigenvalue weighted by atomic mass is 9.84. The van der Waals surface area contributed by atoms with E-state index in [1.54, 1.807) is 0 Å². The van der Waals surface area contributed by atoms with Gasteiger partial charge in [-0.2, -0.15) is 0 Å². The van der Waals surface area contributed by atoms with Gasteiger partial charge in [-0.25, -0.2) is 0 Å². The molecule has 98 valence electrons. The summed E-state index contributed by atoms with van der Waals surface area (Å²) < 4.78 is 5.85. The summed E-state index contributed by atoms with van der Waals surface area (Å²) in [6.45, 7) is 6.81. The molecular formula is C16H23NO. The van der Waals surface area contributed by atoms with Crippen molar-refractivity contribution >= 4 is 11.0 Å². The zero-order valence-corrected chi connectivity index (χ0v) is 11.8. The minimum absolute atomic E-state index is 0.279. The molecule has 2 aromatic rings. The van der Waals surface area contributed by atoms with Crippen LogP contribution >= 0.6 is 0 Å². The summed E-state index contributed by atoms with van der Waals surface area (Å²) in [6, 6.07) is 10.9. The van der Waals surface area contributed by atoms with Gasteiger partial charge in [-0.15, -0.1) is 0 Å². The third-order valence-corrected chi connectivity index (χ3v) is 3.55. The van der Waals surface area contributed by atoms with E-state index >= 15 is 0 Å². The predicted molar refractivity (Wildman–Crippen MR) is 76.8 cm³/mol. The average molecular weight is 245 g/mol. The van der Waals surface area contributed by atoms with E-state index in [0.29, 0.717) is 6.04 Å². The standard InChI is InChI=1S/C16H23NO/c1-16(2,3)15(17-4)10-9-13-11-12-7-5-6-8-14(12)18-13/h5-8,11,15,17H,9-10H2,1-4H3. The molecule has 2 nitrogen and oxygen atoms in total. The van der Waals surface area contributed by atoms with Crippen LogP contribution in [-0.2, 0) is 6.42 Å². The number of hydrogen-bond donors (Lipinski definition) is 1. The second-order valence-electron chi connectivity index (χ2n) is 6.00. The van der Waals surface area contributed by atoms with Gasteiger partial charge in [-0.05, 0) is 31.0 Å². The quantitative estimate of drug-likeness (QED) is 0.880. The van der Waals surface area contributed by atoms with E-state index in [2.05, 4.69) is 38.2 Å². The summed E-state index contributed by atoms with van der Waals surface area (Å²) in [5, 5.41) is 4.60. The SMILES string of the molecule is CNC(CCc1cc2ccccc2o1)C(C)(C)C. The molecule has 1 unspecified atom stereocenters. The van der Waals surface area contributed by atoms with Crippen molar-refractivity contribution in [3.8, 4) is 0 Å². The molecule has 0 radical (unpaired) electrons. The van der Waals surface area contributed by atoms with Crippen LogP contribution in [0.5, 0.6) is 0 Å². The van der Waals surface area contributed by atoms with Gasteiger partial charge in [-0.3, -0.25) is 0 Å². The molecule has 2 rings (SSSR count). The maximum Gasteiger partial charge on any atom is 0.134 e. The summed E-state index contributed by atoms with van der Waals surface area (Å²) >= 11 is 0. The molecule has 1 N–H and O–H groups in total. The van der Waals surface area contributed by atoms with E-state index in [4.69, 9.17) is 4.42 Å². The van der Waals surface area contributed by atoms with Crippen molar-refractivity contribution in [1.29, 1.82) is 0 Å². The topological polar surface area (TPSA) is 25.2 Å². The zero-order chi connectivity index (χ0) is 13.2. The number of fused-ring (bicyclic) bond motifs is 1. The zero-order valence-electron chi connectivity index (χ0n) is 11.8. The second-order valence-corrected chi connectivity index (χ2v) is 6.00. The van der Waals surface area contributed by atoms with Crippen LogP contribution in [0.2, 0.25) is 0 Å². The predicted octanol–water partition coefficient (Wildman–Crippen LogP) is 4.00. The van der Waals surface area contributed by atoms with Crippen LogP contribution in [0.4, 0.5) is 0 Å². The van der Waals surface area contributed by atoms with Gasteiger partial charge in [0.15, 0.2) is 0 Å². The van der Waals surface area contributed by atoms with E-state index in [1.807, 2.05) is 25.2 Å². The van der Waals surface area contributed by atoms with Gasteiger partial charge in [0.1, 0.15) is 11.3 Å². The van der Waals surface area contributed by atoms with Crippen LogP contribution in [0.3, 0.4) is 0 Å². The Labute approximate surface area is 109 Å². The average Bonchev–Trinajstić information content (AvgIpc) is 2.70. The van der Waals surface area contributed by atoms with E-state index in [-0.39, 0.29) is 5.41 Å². The fourth-order valence-electron chi connectivity index (χ4n) is 2.46. The highest BCUT2D eigenvalue weighted by molar-refractivity contribution is 5.77. The fraction of sp³-hybridized carbons (Fsp3) is 0.500. The Morgan fingerprint density at radius 3 is 2.56 bits per heavy atom. The third-order valence-electron chi connectivity index (χ3n) is 3.55. The van der Waals surface area contributed by atoms with Crippen LogP contribution in [0.1, 0.15) is 33.0 Å². The molecule has 0 spiro atoms. The lowest BCUT2D eigenvalue weighted by Gasteiger charge is -2.30. The van der Waals surface area contributed by atoms with Crippen molar-refractivity contribution in [2.45, 2.75) is 39.7 Å². The van der Waals surface area contributed by atoms with Gasteiger partial charge < -0.3 is 9.73 Å². The maximum atomic E-state index is 5.85. The first kappa shape index (κ1) is 13.2. The molecule has 0 aliphatic carbocycles. The van der Waals surface area contributed by atoms with Crippen LogP contribution < -0.4 is 5.32 Å². The molecule has 1 heterocycles. The van der Waals surface area contributed by atoms with E-state index in [1.165, 1.54) is 5.39 Å². The number of aryl methyl sites for hydroxylation is 1. The molecule has 1 atom stereocenters. The highest BCUT2D eigenvalue weighted by Gasteiger charge is 2.22. The molecule has 1 aromatic heterocycles. The number of hydrogen-bond acceptors (Lipinski definition) is 2. The number of benzene rings is 1. The van der Waals surface area contributed by atoms with Gasteiger partial charge in [0.25, 0.3) is 0 Å². The first-order valence-corrected chi connectivity index (χ1v) is 6.65. The Hall–Kier alpha value is -1.28. The Morgan fingerprint density at radius 2 is 1.94 bits per heavy atom. The fourth-order valence-corrected chi connectivity index (χ4v) is 2.46. The number of para-hydroxylation sites is 1. The monoisotopic (exact) mass is 245 g/mol. The summed E-state index contributed by atoms with van der Waals surface area (Å²) in [6.07, 6.45) is 2.08. The lowest BCUT2D eigenvalue weighted by Crippen LogP contribution is -2.38. The molecule has 0 fully saturated rings. The van der Waals surface area contributed by atoms with Crippen molar-refractivity contribution in [1.82, 2.24) is 5.32 Å². The summed E-state index contributed by atoms with van der Waals surface area (Å²) in [5.41, 5.74) is 1.27. The lowest BCUT2D eigenvalue weighted by molar-refractivity contribution is 0.264. The Bertz CT molecular complexity index is 474. The Kier molecular flexibility index (Phi) is 3.76. The van der Waals surface area contributed by atoms with Crippen LogP contribution in [0, 0.1) is 5.41 Å².